The number of carbonyl (C=O) groups is 5. The van der Waals surface area contributed by atoms with Gasteiger partial charge in [0.05, 0.1) is 11.5 Å². The Morgan fingerprint density at radius 3 is 1.95 bits per heavy atom. The van der Waals surface area contributed by atoms with Crippen molar-refractivity contribution in [2.75, 3.05) is 18.4 Å². The largest absolute Gasteiger partial charge is 0.445 e. The Morgan fingerprint density at radius 1 is 0.816 bits per heavy atom. The Kier molecular flexibility index (Phi) is 11.2. The van der Waals surface area contributed by atoms with Crippen LogP contribution in [-0.4, -0.2) is 59.8 Å². The maximum atomic E-state index is 12.2. The van der Waals surface area contributed by atoms with E-state index in [1.165, 1.54) is 38.1 Å². The highest BCUT2D eigenvalue weighted by molar-refractivity contribution is 5.98. The fraction of sp³-hybridized carbons (Fsp3) is 0.292. The van der Waals surface area contributed by atoms with E-state index in [1.807, 2.05) is 6.07 Å². The first-order valence-electron chi connectivity index (χ1n) is 11.4. The maximum absolute atomic E-state index is 12.2. The molecule has 2 atom stereocenters. The van der Waals surface area contributed by atoms with Gasteiger partial charge in [-0.1, -0.05) is 30.3 Å². The van der Waals surface area contributed by atoms with Gasteiger partial charge in [0.2, 0.25) is 23.6 Å². The van der Waals surface area contributed by atoms with E-state index in [-0.39, 0.29) is 12.3 Å². The second kappa shape index (κ2) is 14.5. The van der Waals surface area contributed by atoms with Gasteiger partial charge in [0, 0.05) is 17.8 Å². The molecule has 2 rings (SSSR count). The summed E-state index contributed by atoms with van der Waals surface area (Å²) in [6, 6.07) is 12.1. The summed E-state index contributed by atoms with van der Waals surface area (Å²) in [6.07, 6.45) is -0.801. The van der Waals surface area contributed by atoms with Gasteiger partial charge in [-0.05, 0) is 31.5 Å². The van der Waals surface area contributed by atoms with E-state index < -0.39 is 59.8 Å². The molecule has 0 fully saturated rings. The third-order valence-electron chi connectivity index (χ3n) is 4.92. The van der Waals surface area contributed by atoms with Crippen LogP contribution in [0.15, 0.2) is 54.6 Å². The summed E-state index contributed by atoms with van der Waals surface area (Å²) < 4.78 is 4.98. The number of hydrogen-bond acceptors (Lipinski definition) is 8. The van der Waals surface area contributed by atoms with Crippen LogP contribution in [0.5, 0.6) is 0 Å². The van der Waals surface area contributed by atoms with Gasteiger partial charge in [-0.25, -0.2) is 4.79 Å². The minimum atomic E-state index is -1.01. The molecule has 0 saturated carbocycles. The lowest BCUT2D eigenvalue weighted by molar-refractivity contribution is -0.384. The zero-order valence-corrected chi connectivity index (χ0v) is 20.7. The number of hydrogen-bond donors (Lipinski definition) is 5. The molecular weight excluding hydrogens is 500 g/mol. The number of carbonyl (C=O) groups excluding carboxylic acids is 5. The molecule has 0 saturated heterocycles. The van der Waals surface area contributed by atoms with E-state index in [0.717, 1.165) is 5.56 Å². The van der Waals surface area contributed by atoms with Crippen molar-refractivity contribution < 1.29 is 33.6 Å². The number of nitrogens with one attached hydrogen (secondary N) is 5. The third-order valence-corrected chi connectivity index (χ3v) is 4.92. The topological polar surface area (TPSA) is 198 Å². The molecule has 0 aliphatic carbocycles. The van der Waals surface area contributed by atoms with Crippen molar-refractivity contribution in [2.24, 2.45) is 0 Å². The van der Waals surface area contributed by atoms with E-state index in [1.54, 1.807) is 24.3 Å². The normalized spacial score (nSPS) is 11.7. The molecule has 5 N–H and O–H groups in total. The SMILES string of the molecule is C[C@H](NC(=O)CNC(=O)OCc1ccccc1)C(=O)NCC(=O)N[C@@H](C)C(=O)Nc1ccc([N+](=O)[O-])cc1. The lowest BCUT2D eigenvalue weighted by Crippen LogP contribution is -2.51. The average molecular weight is 529 g/mol. The molecule has 2 aromatic carbocycles. The molecule has 14 heteroatoms. The first-order chi connectivity index (χ1) is 18.0. The Balaban J connectivity index is 1.65. The van der Waals surface area contributed by atoms with Crippen LogP contribution in [0.25, 0.3) is 0 Å². The molecule has 0 radical (unpaired) electrons. The molecule has 0 aromatic heterocycles. The van der Waals surface area contributed by atoms with Crippen molar-refractivity contribution in [3.63, 3.8) is 0 Å². The summed E-state index contributed by atoms with van der Waals surface area (Å²) in [5, 5.41) is 22.6. The molecular formula is C24H28N6O8. The quantitative estimate of drug-likeness (QED) is 0.195. The van der Waals surface area contributed by atoms with Crippen molar-refractivity contribution in [3.05, 3.63) is 70.3 Å². The molecule has 38 heavy (non-hydrogen) atoms. The number of ether oxygens (including phenoxy) is 1. The zero-order valence-electron chi connectivity index (χ0n) is 20.7. The number of nitro groups is 1. The van der Waals surface area contributed by atoms with Crippen molar-refractivity contribution in [1.29, 1.82) is 0 Å². The summed E-state index contributed by atoms with van der Waals surface area (Å²) in [4.78, 5) is 70.3. The summed E-state index contributed by atoms with van der Waals surface area (Å²) in [5.41, 5.74) is 0.947. The fourth-order valence-corrected chi connectivity index (χ4v) is 2.88. The standard InChI is InChI=1S/C24H28N6O8/c1-15(27-21(32)13-26-24(35)38-14-17-6-4-3-5-7-17)22(33)25-12-20(31)28-16(2)23(34)29-18-8-10-19(11-9-18)30(36)37/h3-11,15-16H,12-14H2,1-2H3,(H,25,33)(H,26,35)(H,27,32)(H,28,31)(H,29,34)/t15-,16-/m0/s1. The van der Waals surface area contributed by atoms with E-state index in [4.69, 9.17) is 4.74 Å². The molecule has 0 unspecified atom stereocenters. The van der Waals surface area contributed by atoms with Gasteiger partial charge in [0.15, 0.2) is 0 Å². The van der Waals surface area contributed by atoms with Gasteiger partial charge in [-0.15, -0.1) is 0 Å². The highest BCUT2D eigenvalue weighted by atomic mass is 16.6. The Labute approximate surface area is 217 Å². The number of amides is 5. The van der Waals surface area contributed by atoms with Crippen LogP contribution in [-0.2, 0) is 30.5 Å². The highest BCUT2D eigenvalue weighted by Gasteiger charge is 2.19. The van der Waals surface area contributed by atoms with E-state index in [0.29, 0.717) is 5.69 Å². The van der Waals surface area contributed by atoms with Gasteiger partial charge in [-0.2, -0.15) is 0 Å². The molecule has 0 heterocycles. The van der Waals surface area contributed by atoms with Crippen molar-refractivity contribution in [2.45, 2.75) is 32.5 Å². The molecule has 0 spiro atoms. The van der Waals surface area contributed by atoms with Gasteiger partial charge in [0.25, 0.3) is 5.69 Å². The number of alkyl carbamates (subject to hydrolysis) is 1. The van der Waals surface area contributed by atoms with Crippen LogP contribution in [0, 0.1) is 10.1 Å². The number of non-ortho nitro benzene ring substituents is 1. The first-order valence-corrected chi connectivity index (χ1v) is 11.4. The van der Waals surface area contributed by atoms with Crippen LogP contribution < -0.4 is 26.6 Å². The fourth-order valence-electron chi connectivity index (χ4n) is 2.88. The number of benzene rings is 2. The zero-order chi connectivity index (χ0) is 28.1. The van der Waals surface area contributed by atoms with E-state index in [9.17, 15) is 34.1 Å². The van der Waals surface area contributed by atoms with Gasteiger partial charge in [0.1, 0.15) is 25.2 Å². The summed E-state index contributed by atoms with van der Waals surface area (Å²) >= 11 is 0. The smallest absolute Gasteiger partial charge is 0.407 e. The van der Waals surface area contributed by atoms with Crippen molar-refractivity contribution in [1.82, 2.24) is 21.3 Å². The number of nitro benzene ring substituents is 1. The third kappa shape index (κ3) is 10.3. The summed E-state index contributed by atoms with van der Waals surface area (Å²) in [7, 11) is 0. The Hall–Kier alpha value is -5.01. The highest BCUT2D eigenvalue weighted by Crippen LogP contribution is 2.15. The number of nitrogens with zero attached hydrogens (tertiary/aromatic N) is 1. The average Bonchev–Trinajstić information content (AvgIpc) is 2.90. The van der Waals surface area contributed by atoms with Gasteiger partial charge in [-0.3, -0.25) is 29.3 Å². The van der Waals surface area contributed by atoms with E-state index >= 15 is 0 Å². The first kappa shape index (κ1) is 29.2. The number of anilines is 1. The molecule has 0 bridgehead atoms. The second-order valence-corrected chi connectivity index (χ2v) is 8.00. The molecule has 5 amide bonds. The van der Waals surface area contributed by atoms with Crippen LogP contribution in [0.3, 0.4) is 0 Å². The minimum absolute atomic E-state index is 0.0342. The molecule has 0 aliphatic heterocycles. The predicted molar refractivity (Wildman–Crippen MR) is 135 cm³/mol. The van der Waals surface area contributed by atoms with Crippen LogP contribution in [0.2, 0.25) is 0 Å². The summed E-state index contributed by atoms with van der Waals surface area (Å²) in [6.45, 7) is 1.96. The molecule has 0 aliphatic rings. The molecule has 14 nitrogen and oxygen atoms in total. The van der Waals surface area contributed by atoms with Gasteiger partial charge < -0.3 is 31.3 Å². The van der Waals surface area contributed by atoms with Crippen molar-refractivity contribution >= 4 is 41.1 Å². The lowest BCUT2D eigenvalue weighted by Gasteiger charge is -2.16. The second-order valence-electron chi connectivity index (χ2n) is 8.00. The van der Waals surface area contributed by atoms with E-state index in [2.05, 4.69) is 26.6 Å². The maximum Gasteiger partial charge on any atom is 0.407 e. The Morgan fingerprint density at radius 2 is 1.37 bits per heavy atom. The molecule has 202 valence electrons. The van der Waals surface area contributed by atoms with Crippen LogP contribution in [0.1, 0.15) is 19.4 Å². The minimum Gasteiger partial charge on any atom is -0.445 e. The van der Waals surface area contributed by atoms with Crippen LogP contribution >= 0.6 is 0 Å². The summed E-state index contributed by atoms with van der Waals surface area (Å²) in [5.74, 6) is -2.55. The van der Waals surface area contributed by atoms with Gasteiger partial charge >= 0.3 is 6.09 Å². The number of rotatable bonds is 12. The predicted octanol–water partition coefficient (Wildman–Crippen LogP) is 0.585. The Bertz CT molecular complexity index is 1160. The monoisotopic (exact) mass is 528 g/mol. The van der Waals surface area contributed by atoms with Crippen molar-refractivity contribution in [3.8, 4) is 0 Å². The molecule has 2 aromatic rings. The lowest BCUT2D eigenvalue weighted by atomic mass is 10.2. The van der Waals surface area contributed by atoms with Crippen LogP contribution in [0.4, 0.5) is 16.2 Å².